The van der Waals surface area contributed by atoms with E-state index in [1.165, 1.54) is 5.56 Å². The van der Waals surface area contributed by atoms with Crippen molar-refractivity contribution in [2.75, 3.05) is 5.32 Å². The van der Waals surface area contributed by atoms with E-state index in [1.807, 2.05) is 59.4 Å². The summed E-state index contributed by atoms with van der Waals surface area (Å²) in [6, 6.07) is 21.9. The summed E-state index contributed by atoms with van der Waals surface area (Å²) in [5.74, 6) is -0.388. The highest BCUT2D eigenvalue weighted by Crippen LogP contribution is 2.41. The highest BCUT2D eigenvalue weighted by atomic mass is 16.4. The third-order valence-electron chi connectivity index (χ3n) is 5.42. The van der Waals surface area contributed by atoms with Gasteiger partial charge < -0.3 is 10.4 Å². The molecule has 0 aliphatic heterocycles. The zero-order chi connectivity index (χ0) is 19.8. The van der Waals surface area contributed by atoms with Crippen LogP contribution in [0, 0.1) is 0 Å². The molecule has 144 valence electrons. The minimum absolute atomic E-state index is 0.314. The van der Waals surface area contributed by atoms with E-state index in [4.69, 9.17) is 0 Å². The van der Waals surface area contributed by atoms with E-state index >= 15 is 0 Å². The molecule has 5 nitrogen and oxygen atoms in total. The summed E-state index contributed by atoms with van der Waals surface area (Å²) in [5.41, 5.74) is 5.12. The fourth-order valence-corrected chi connectivity index (χ4v) is 3.72. The Balaban J connectivity index is 1.42. The van der Waals surface area contributed by atoms with Crippen molar-refractivity contribution in [1.29, 1.82) is 0 Å². The van der Waals surface area contributed by atoms with E-state index < -0.39 is 5.97 Å². The number of aromatic nitrogens is 2. The molecule has 0 amide bonds. The topological polar surface area (TPSA) is 67.2 Å². The Kier molecular flexibility index (Phi) is 4.28. The van der Waals surface area contributed by atoms with Crippen LogP contribution in [0.3, 0.4) is 0 Å². The third kappa shape index (κ3) is 3.59. The molecular weight excluding hydrogens is 362 g/mol. The molecule has 1 aliphatic carbocycles. The van der Waals surface area contributed by atoms with Crippen molar-refractivity contribution in [2.24, 2.45) is 0 Å². The SMILES string of the molecule is O=C(O)c1cc(C2CC2)ccc1Nc1ccc2c(cnn2Cc2ccccc2)c1. The number of hydrogen-bond acceptors (Lipinski definition) is 3. The highest BCUT2D eigenvalue weighted by molar-refractivity contribution is 5.96. The molecule has 1 heterocycles. The molecule has 1 aliphatic rings. The average Bonchev–Trinajstić information content (AvgIpc) is 3.51. The molecule has 1 saturated carbocycles. The van der Waals surface area contributed by atoms with Gasteiger partial charge in [-0.1, -0.05) is 36.4 Å². The summed E-state index contributed by atoms with van der Waals surface area (Å²) in [6.07, 6.45) is 4.14. The lowest BCUT2D eigenvalue weighted by Gasteiger charge is -2.12. The number of benzene rings is 3. The van der Waals surface area contributed by atoms with Crippen molar-refractivity contribution in [2.45, 2.75) is 25.3 Å². The van der Waals surface area contributed by atoms with Crippen molar-refractivity contribution < 1.29 is 9.90 Å². The van der Waals surface area contributed by atoms with Crippen molar-refractivity contribution in [3.05, 3.63) is 89.6 Å². The van der Waals surface area contributed by atoms with Gasteiger partial charge in [0.25, 0.3) is 0 Å². The Morgan fingerprint density at radius 1 is 1.07 bits per heavy atom. The lowest BCUT2D eigenvalue weighted by molar-refractivity contribution is 0.0698. The summed E-state index contributed by atoms with van der Waals surface area (Å²) in [6.45, 7) is 0.711. The molecule has 29 heavy (non-hydrogen) atoms. The van der Waals surface area contributed by atoms with Gasteiger partial charge in [0.15, 0.2) is 0 Å². The van der Waals surface area contributed by atoms with Crippen molar-refractivity contribution >= 4 is 28.2 Å². The molecule has 1 fully saturated rings. The van der Waals surface area contributed by atoms with Crippen molar-refractivity contribution in [1.82, 2.24) is 9.78 Å². The number of aromatic carboxylic acids is 1. The molecular formula is C24H21N3O2. The molecule has 2 N–H and O–H groups in total. The maximum Gasteiger partial charge on any atom is 0.337 e. The Morgan fingerprint density at radius 2 is 1.90 bits per heavy atom. The second kappa shape index (κ2) is 7.09. The van der Waals surface area contributed by atoms with Gasteiger partial charge >= 0.3 is 5.97 Å². The van der Waals surface area contributed by atoms with E-state index in [-0.39, 0.29) is 0 Å². The van der Waals surface area contributed by atoms with Gasteiger partial charge in [-0.05, 0) is 60.2 Å². The van der Waals surface area contributed by atoms with E-state index in [9.17, 15) is 9.90 Å². The summed E-state index contributed by atoms with van der Waals surface area (Å²) >= 11 is 0. The molecule has 0 bridgehead atoms. The van der Waals surface area contributed by atoms with Crippen LogP contribution in [0.25, 0.3) is 10.9 Å². The number of nitrogens with zero attached hydrogens (tertiary/aromatic N) is 2. The van der Waals surface area contributed by atoms with E-state index in [1.54, 1.807) is 6.07 Å². The number of carbonyl (C=O) groups is 1. The van der Waals surface area contributed by atoms with Crippen LogP contribution >= 0.6 is 0 Å². The number of hydrogen-bond donors (Lipinski definition) is 2. The Hall–Kier alpha value is -3.60. The lowest BCUT2D eigenvalue weighted by atomic mass is 10.0. The van der Waals surface area contributed by atoms with Crippen LogP contribution in [-0.4, -0.2) is 20.9 Å². The number of carboxylic acids is 1. The highest BCUT2D eigenvalue weighted by Gasteiger charge is 2.25. The maximum atomic E-state index is 11.7. The molecule has 0 saturated heterocycles. The van der Waals surface area contributed by atoms with Gasteiger partial charge in [0.1, 0.15) is 0 Å². The lowest BCUT2D eigenvalue weighted by Crippen LogP contribution is -2.04. The van der Waals surface area contributed by atoms with Crippen LogP contribution < -0.4 is 5.32 Å². The Labute approximate surface area is 168 Å². The minimum atomic E-state index is -0.910. The fourth-order valence-electron chi connectivity index (χ4n) is 3.72. The molecule has 5 rings (SSSR count). The summed E-state index contributed by atoms with van der Waals surface area (Å²) in [5, 5.41) is 18.4. The van der Waals surface area contributed by atoms with Gasteiger partial charge in [-0.2, -0.15) is 5.10 Å². The first-order valence-corrected chi connectivity index (χ1v) is 9.81. The van der Waals surface area contributed by atoms with Gasteiger partial charge in [0.05, 0.1) is 29.5 Å². The van der Waals surface area contributed by atoms with Gasteiger partial charge in [-0.25, -0.2) is 4.79 Å². The molecule has 3 aromatic carbocycles. The van der Waals surface area contributed by atoms with Crippen LogP contribution in [0.4, 0.5) is 11.4 Å². The second-order valence-electron chi connectivity index (χ2n) is 7.57. The summed E-state index contributed by atoms with van der Waals surface area (Å²) in [4.78, 5) is 11.7. The average molecular weight is 383 g/mol. The molecule has 0 atom stereocenters. The maximum absolute atomic E-state index is 11.7. The molecule has 0 unspecified atom stereocenters. The van der Waals surface area contributed by atoms with E-state index in [0.717, 1.165) is 35.0 Å². The van der Waals surface area contributed by atoms with Crippen LogP contribution in [0.5, 0.6) is 0 Å². The fraction of sp³-hybridized carbons (Fsp3) is 0.167. The molecule has 5 heteroatoms. The first kappa shape index (κ1) is 17.5. The monoisotopic (exact) mass is 383 g/mol. The first-order valence-electron chi connectivity index (χ1n) is 9.81. The van der Waals surface area contributed by atoms with Gasteiger partial charge in [0, 0.05) is 11.1 Å². The molecule has 4 aromatic rings. The van der Waals surface area contributed by atoms with Crippen LogP contribution in [0.1, 0.15) is 40.2 Å². The van der Waals surface area contributed by atoms with Crippen LogP contribution in [-0.2, 0) is 6.54 Å². The molecule has 1 aromatic heterocycles. The number of fused-ring (bicyclic) bond motifs is 1. The number of rotatable bonds is 6. The van der Waals surface area contributed by atoms with E-state index in [2.05, 4.69) is 22.5 Å². The summed E-state index contributed by atoms with van der Waals surface area (Å²) < 4.78 is 1.97. The van der Waals surface area contributed by atoms with Crippen molar-refractivity contribution in [3.63, 3.8) is 0 Å². The van der Waals surface area contributed by atoms with Crippen molar-refractivity contribution in [3.8, 4) is 0 Å². The Morgan fingerprint density at radius 3 is 2.66 bits per heavy atom. The molecule has 0 spiro atoms. The predicted molar refractivity (Wildman–Crippen MR) is 114 cm³/mol. The number of anilines is 2. The van der Waals surface area contributed by atoms with Gasteiger partial charge in [0.2, 0.25) is 0 Å². The second-order valence-corrected chi connectivity index (χ2v) is 7.57. The smallest absolute Gasteiger partial charge is 0.337 e. The first-order chi connectivity index (χ1) is 14.2. The zero-order valence-electron chi connectivity index (χ0n) is 15.9. The number of carboxylic acid groups (broad SMARTS) is 1. The standard InChI is InChI=1S/C24H21N3O2/c28-24(29)21-13-18(17-6-7-17)8-10-22(21)26-20-9-11-23-19(12-20)14-25-27(23)15-16-4-2-1-3-5-16/h1-5,8-14,17,26H,6-7,15H2,(H,28,29). The normalized spacial score (nSPS) is 13.5. The summed E-state index contributed by atoms with van der Waals surface area (Å²) in [7, 11) is 0. The third-order valence-corrected chi connectivity index (χ3v) is 5.42. The predicted octanol–water partition coefficient (Wildman–Crippen LogP) is 5.40. The van der Waals surface area contributed by atoms with Gasteiger partial charge in [-0.15, -0.1) is 0 Å². The zero-order valence-corrected chi connectivity index (χ0v) is 15.9. The van der Waals surface area contributed by atoms with Crippen LogP contribution in [0.15, 0.2) is 72.9 Å². The van der Waals surface area contributed by atoms with E-state index in [0.29, 0.717) is 23.7 Å². The van der Waals surface area contributed by atoms with Gasteiger partial charge in [-0.3, -0.25) is 4.68 Å². The largest absolute Gasteiger partial charge is 0.478 e. The number of nitrogens with one attached hydrogen (secondary N) is 1. The Bertz CT molecular complexity index is 1190. The quantitative estimate of drug-likeness (QED) is 0.468. The van der Waals surface area contributed by atoms with Crippen LogP contribution in [0.2, 0.25) is 0 Å². The minimum Gasteiger partial charge on any atom is -0.478 e. The molecule has 0 radical (unpaired) electrons.